The standard InChI is InChI=1S/C24H20O5/c1-27-19-12-13-21(23(16-19)28-2)22(25)14-11-17-7-6-10-20(15-17)29-24(26)18-8-4-3-5-9-18/h3-16H,1-2H3. The molecule has 5 nitrogen and oxygen atoms in total. The van der Waals surface area contributed by atoms with E-state index in [-0.39, 0.29) is 5.78 Å². The molecule has 3 aromatic carbocycles. The van der Waals surface area contributed by atoms with Crippen molar-refractivity contribution in [3.63, 3.8) is 0 Å². The number of carbonyl (C=O) groups is 2. The highest BCUT2D eigenvalue weighted by molar-refractivity contribution is 6.08. The van der Waals surface area contributed by atoms with Crippen molar-refractivity contribution in [2.24, 2.45) is 0 Å². The van der Waals surface area contributed by atoms with Crippen molar-refractivity contribution in [1.82, 2.24) is 0 Å². The van der Waals surface area contributed by atoms with Gasteiger partial charge in [-0.2, -0.15) is 0 Å². The summed E-state index contributed by atoms with van der Waals surface area (Å²) in [4.78, 5) is 24.7. The minimum atomic E-state index is -0.439. The van der Waals surface area contributed by atoms with E-state index in [4.69, 9.17) is 14.2 Å². The van der Waals surface area contributed by atoms with Crippen LogP contribution >= 0.6 is 0 Å². The van der Waals surface area contributed by atoms with Crippen molar-refractivity contribution < 1.29 is 23.8 Å². The molecule has 0 radical (unpaired) electrons. The molecule has 0 spiro atoms. The van der Waals surface area contributed by atoms with Crippen LogP contribution in [0.1, 0.15) is 26.3 Å². The SMILES string of the molecule is COc1ccc(C(=O)C=Cc2cccc(OC(=O)c3ccccc3)c2)c(OC)c1. The van der Waals surface area contributed by atoms with Gasteiger partial charge in [-0.25, -0.2) is 4.79 Å². The molecule has 0 aliphatic rings. The Kier molecular flexibility index (Phi) is 6.43. The van der Waals surface area contributed by atoms with Crippen molar-refractivity contribution >= 4 is 17.8 Å². The first-order chi connectivity index (χ1) is 14.1. The Morgan fingerprint density at radius 1 is 0.793 bits per heavy atom. The van der Waals surface area contributed by atoms with Crippen LogP contribution in [0.4, 0.5) is 0 Å². The van der Waals surface area contributed by atoms with E-state index in [1.165, 1.54) is 13.2 Å². The number of ketones is 1. The van der Waals surface area contributed by atoms with Gasteiger partial charge in [0.15, 0.2) is 5.78 Å². The fourth-order valence-electron chi connectivity index (χ4n) is 2.69. The number of rotatable bonds is 7. The van der Waals surface area contributed by atoms with E-state index < -0.39 is 5.97 Å². The van der Waals surface area contributed by atoms with Crippen LogP contribution in [0.2, 0.25) is 0 Å². The molecule has 0 aromatic heterocycles. The fraction of sp³-hybridized carbons (Fsp3) is 0.0833. The number of esters is 1. The van der Waals surface area contributed by atoms with Crippen molar-refractivity contribution in [1.29, 1.82) is 0 Å². The predicted molar refractivity (Wildman–Crippen MR) is 111 cm³/mol. The van der Waals surface area contributed by atoms with Crippen LogP contribution in [0, 0.1) is 0 Å². The lowest BCUT2D eigenvalue weighted by Crippen LogP contribution is -2.08. The molecule has 0 fully saturated rings. The molecule has 5 heteroatoms. The number of hydrogen-bond acceptors (Lipinski definition) is 5. The van der Waals surface area contributed by atoms with E-state index in [9.17, 15) is 9.59 Å². The number of hydrogen-bond donors (Lipinski definition) is 0. The molecule has 29 heavy (non-hydrogen) atoms. The smallest absolute Gasteiger partial charge is 0.343 e. The van der Waals surface area contributed by atoms with Crippen LogP contribution in [0.25, 0.3) is 6.08 Å². The Balaban J connectivity index is 1.74. The molecule has 0 heterocycles. The average Bonchev–Trinajstić information content (AvgIpc) is 2.77. The van der Waals surface area contributed by atoms with E-state index in [0.717, 1.165) is 5.56 Å². The van der Waals surface area contributed by atoms with Crippen molar-refractivity contribution in [2.45, 2.75) is 0 Å². The number of carbonyl (C=O) groups excluding carboxylic acids is 2. The van der Waals surface area contributed by atoms with Gasteiger partial charge in [0, 0.05) is 6.07 Å². The maximum Gasteiger partial charge on any atom is 0.343 e. The molecule has 0 saturated heterocycles. The minimum absolute atomic E-state index is 0.212. The summed E-state index contributed by atoms with van der Waals surface area (Å²) in [7, 11) is 3.05. The lowest BCUT2D eigenvalue weighted by Gasteiger charge is -2.08. The monoisotopic (exact) mass is 388 g/mol. The summed E-state index contributed by atoms with van der Waals surface area (Å²) in [5, 5.41) is 0. The molecule has 3 rings (SSSR count). The third-order valence-electron chi connectivity index (χ3n) is 4.18. The summed E-state index contributed by atoms with van der Waals surface area (Å²) >= 11 is 0. The lowest BCUT2D eigenvalue weighted by molar-refractivity contribution is 0.0734. The van der Waals surface area contributed by atoms with Gasteiger partial charge in [-0.1, -0.05) is 36.4 Å². The van der Waals surface area contributed by atoms with Gasteiger partial charge in [0.1, 0.15) is 17.2 Å². The van der Waals surface area contributed by atoms with E-state index in [2.05, 4.69) is 0 Å². The van der Waals surface area contributed by atoms with Gasteiger partial charge in [-0.15, -0.1) is 0 Å². The third-order valence-corrected chi connectivity index (χ3v) is 4.18. The zero-order valence-electron chi connectivity index (χ0n) is 16.1. The molecule has 0 aliphatic carbocycles. The Labute approximate surface area is 169 Å². The van der Waals surface area contributed by atoms with Gasteiger partial charge in [-0.3, -0.25) is 4.79 Å². The second kappa shape index (κ2) is 9.37. The van der Waals surface area contributed by atoms with E-state index in [0.29, 0.717) is 28.4 Å². The summed E-state index contributed by atoms with van der Waals surface area (Å²) in [6.45, 7) is 0. The summed E-state index contributed by atoms with van der Waals surface area (Å²) in [6, 6.07) is 20.7. The minimum Gasteiger partial charge on any atom is -0.497 e. The topological polar surface area (TPSA) is 61.8 Å². The van der Waals surface area contributed by atoms with Crippen LogP contribution in [0.5, 0.6) is 17.2 Å². The van der Waals surface area contributed by atoms with Crippen molar-refractivity contribution in [3.8, 4) is 17.2 Å². The summed E-state index contributed by atoms with van der Waals surface area (Å²) in [5.41, 5.74) is 1.62. The zero-order chi connectivity index (χ0) is 20.6. The number of ether oxygens (including phenoxy) is 3. The molecule has 0 N–H and O–H groups in total. The normalized spacial score (nSPS) is 10.6. The van der Waals surface area contributed by atoms with Gasteiger partial charge in [0.2, 0.25) is 0 Å². The fourth-order valence-corrected chi connectivity index (χ4v) is 2.69. The van der Waals surface area contributed by atoms with Crippen molar-refractivity contribution in [2.75, 3.05) is 14.2 Å². The van der Waals surface area contributed by atoms with Crippen LogP contribution in [0.15, 0.2) is 78.9 Å². The number of allylic oxidation sites excluding steroid dienone is 1. The molecular formula is C24H20O5. The maximum atomic E-state index is 12.6. The summed E-state index contributed by atoms with van der Waals surface area (Å²) < 4.78 is 15.8. The first-order valence-corrected chi connectivity index (χ1v) is 8.92. The van der Waals surface area contributed by atoms with Crippen LogP contribution < -0.4 is 14.2 Å². The molecule has 0 unspecified atom stereocenters. The molecule has 3 aromatic rings. The Hall–Kier alpha value is -3.86. The second-order valence-electron chi connectivity index (χ2n) is 6.09. The number of methoxy groups -OCH3 is 2. The lowest BCUT2D eigenvalue weighted by atomic mass is 10.1. The molecule has 0 bridgehead atoms. The first kappa shape index (κ1) is 19.9. The highest BCUT2D eigenvalue weighted by Crippen LogP contribution is 2.25. The molecule has 0 atom stereocenters. The Morgan fingerprint density at radius 2 is 1.59 bits per heavy atom. The van der Waals surface area contributed by atoms with Gasteiger partial charge < -0.3 is 14.2 Å². The van der Waals surface area contributed by atoms with Crippen molar-refractivity contribution in [3.05, 3.63) is 95.6 Å². The molecular weight excluding hydrogens is 368 g/mol. The molecule has 0 amide bonds. The van der Waals surface area contributed by atoms with Gasteiger partial charge in [0.05, 0.1) is 25.3 Å². The second-order valence-corrected chi connectivity index (χ2v) is 6.09. The largest absolute Gasteiger partial charge is 0.497 e. The summed E-state index contributed by atoms with van der Waals surface area (Å²) in [6.07, 6.45) is 3.11. The van der Waals surface area contributed by atoms with Crippen LogP contribution in [0.3, 0.4) is 0 Å². The average molecular weight is 388 g/mol. The highest BCUT2D eigenvalue weighted by Gasteiger charge is 2.11. The molecule has 0 saturated carbocycles. The Bertz CT molecular complexity index is 1040. The molecule has 146 valence electrons. The van der Waals surface area contributed by atoms with Gasteiger partial charge in [0.25, 0.3) is 0 Å². The van der Waals surface area contributed by atoms with Crippen LogP contribution in [-0.2, 0) is 0 Å². The summed E-state index contributed by atoms with van der Waals surface area (Å²) in [5.74, 6) is 0.789. The van der Waals surface area contributed by atoms with Crippen LogP contribution in [-0.4, -0.2) is 26.0 Å². The quantitative estimate of drug-likeness (QED) is 0.251. The Morgan fingerprint density at radius 3 is 2.31 bits per heavy atom. The van der Waals surface area contributed by atoms with E-state index in [1.54, 1.807) is 73.8 Å². The predicted octanol–water partition coefficient (Wildman–Crippen LogP) is 4.82. The first-order valence-electron chi connectivity index (χ1n) is 8.92. The highest BCUT2D eigenvalue weighted by atomic mass is 16.5. The zero-order valence-corrected chi connectivity index (χ0v) is 16.1. The number of benzene rings is 3. The van der Waals surface area contributed by atoms with E-state index in [1.807, 2.05) is 12.1 Å². The maximum absolute atomic E-state index is 12.6. The van der Waals surface area contributed by atoms with E-state index >= 15 is 0 Å². The van der Waals surface area contributed by atoms with Gasteiger partial charge >= 0.3 is 5.97 Å². The third kappa shape index (κ3) is 5.11. The molecule has 0 aliphatic heterocycles. The van der Waals surface area contributed by atoms with Gasteiger partial charge in [-0.05, 0) is 48.0 Å².